The Morgan fingerprint density at radius 2 is 0.516 bits per heavy atom. The summed E-state index contributed by atoms with van der Waals surface area (Å²) in [5.74, 6) is 0.900. The smallest absolute Gasteiger partial charge is 0.462 e. The second-order valence-corrected chi connectivity index (χ2v) is 31.3. The molecule has 0 aliphatic carbocycles. The van der Waals surface area contributed by atoms with Crippen LogP contribution < -0.4 is 0 Å². The normalized spacial score (nSPS) is 14.5. The van der Waals surface area contributed by atoms with Crippen molar-refractivity contribution in [2.24, 2.45) is 23.7 Å². The van der Waals surface area contributed by atoms with Crippen LogP contribution in [-0.4, -0.2) is 96.7 Å². The molecule has 0 aromatic rings. The summed E-state index contributed by atoms with van der Waals surface area (Å²) in [6.07, 6.45) is 47.2. The van der Waals surface area contributed by atoms with Crippen LogP contribution in [0.25, 0.3) is 0 Å². The molecule has 0 bridgehead atoms. The number of ether oxygens (including phenoxy) is 4. The Morgan fingerprint density at radius 3 is 0.763 bits per heavy atom. The third-order valence-corrected chi connectivity index (χ3v) is 19.3. The topological polar surface area (TPSA) is 237 Å². The first-order chi connectivity index (χ1) is 44.6. The lowest BCUT2D eigenvalue weighted by atomic mass is 10.00. The fourth-order valence-corrected chi connectivity index (χ4v) is 12.7. The van der Waals surface area contributed by atoms with Crippen molar-refractivity contribution in [3.8, 4) is 0 Å². The lowest BCUT2D eigenvalue weighted by Gasteiger charge is -2.21. The van der Waals surface area contributed by atoms with Crippen LogP contribution in [0.3, 0.4) is 0 Å². The van der Waals surface area contributed by atoms with E-state index in [2.05, 4.69) is 55.4 Å². The molecule has 0 aliphatic heterocycles. The van der Waals surface area contributed by atoms with Gasteiger partial charge in [-0.1, -0.05) is 319 Å². The van der Waals surface area contributed by atoms with Gasteiger partial charge >= 0.3 is 39.5 Å². The maximum absolute atomic E-state index is 13.0. The predicted octanol–water partition coefficient (Wildman–Crippen LogP) is 21.3. The Morgan fingerprint density at radius 1 is 0.301 bits per heavy atom. The Labute approximate surface area is 568 Å². The fraction of sp³-hybridized carbons (Fsp3) is 0.946. The van der Waals surface area contributed by atoms with E-state index in [-0.39, 0.29) is 25.7 Å². The molecule has 6 atom stereocenters. The Kier molecular flexibility index (Phi) is 62.2. The Bertz CT molecular complexity index is 1840. The lowest BCUT2D eigenvalue weighted by molar-refractivity contribution is -0.161. The maximum atomic E-state index is 13.0. The second kappa shape index (κ2) is 63.5. The maximum Gasteiger partial charge on any atom is 0.472 e. The van der Waals surface area contributed by atoms with Crippen molar-refractivity contribution >= 4 is 39.5 Å². The van der Waals surface area contributed by atoms with Crippen molar-refractivity contribution in [1.82, 2.24) is 0 Å². The molecule has 93 heavy (non-hydrogen) atoms. The molecule has 0 rings (SSSR count). The number of phosphoric ester groups is 2. The van der Waals surface area contributed by atoms with Gasteiger partial charge in [0.1, 0.15) is 19.3 Å². The molecule has 0 fully saturated rings. The van der Waals surface area contributed by atoms with Gasteiger partial charge in [0.05, 0.1) is 26.4 Å². The quantitative estimate of drug-likeness (QED) is 0.0222. The van der Waals surface area contributed by atoms with Crippen LogP contribution in [0.1, 0.15) is 370 Å². The molecule has 0 aromatic heterocycles. The number of carbonyl (C=O) groups excluding carboxylic acids is 4. The average Bonchev–Trinajstić information content (AvgIpc) is 1.73. The molecule has 0 saturated heterocycles. The van der Waals surface area contributed by atoms with E-state index >= 15 is 0 Å². The zero-order valence-electron chi connectivity index (χ0n) is 60.9. The van der Waals surface area contributed by atoms with Crippen molar-refractivity contribution in [1.29, 1.82) is 0 Å². The number of phosphoric acid groups is 2. The third kappa shape index (κ3) is 67.0. The zero-order valence-corrected chi connectivity index (χ0v) is 62.7. The van der Waals surface area contributed by atoms with E-state index in [1.54, 1.807) is 0 Å². The number of aliphatic hydroxyl groups is 1. The highest BCUT2D eigenvalue weighted by Crippen LogP contribution is 2.45. The number of unbranched alkanes of at least 4 members (excludes halogenated alkanes) is 36. The van der Waals surface area contributed by atoms with Crippen LogP contribution in [0.5, 0.6) is 0 Å². The van der Waals surface area contributed by atoms with Gasteiger partial charge in [-0.05, 0) is 49.4 Å². The van der Waals surface area contributed by atoms with Crippen LogP contribution in [0.2, 0.25) is 0 Å². The molecular weight excluding hydrogens is 1220 g/mol. The van der Waals surface area contributed by atoms with Crippen LogP contribution in [0.15, 0.2) is 0 Å². The SMILES string of the molecule is CCC(C)CCCCCCCCC(=O)OC[C@H](COP(=O)(O)OC[C@H](O)COP(=O)(O)OC[C@@H](COC(=O)CCCCCCCCCCC(C)C)OC(=O)CCCCCCCCCCCCCC(C)C)OC(=O)CCCCCCCCCCCCCCCCCC(C)C. The van der Waals surface area contributed by atoms with Gasteiger partial charge in [-0.3, -0.25) is 37.3 Å². The Hall–Kier alpha value is -1.94. The third-order valence-electron chi connectivity index (χ3n) is 17.4. The largest absolute Gasteiger partial charge is 0.472 e. The molecular formula is C74H144O17P2. The van der Waals surface area contributed by atoms with Crippen LogP contribution in [0, 0.1) is 23.7 Å². The summed E-state index contributed by atoms with van der Waals surface area (Å²) in [7, 11) is -9.91. The summed E-state index contributed by atoms with van der Waals surface area (Å²) in [5, 5.41) is 10.6. The summed E-state index contributed by atoms with van der Waals surface area (Å²) < 4.78 is 68.4. The van der Waals surface area contributed by atoms with E-state index in [0.717, 1.165) is 120 Å². The molecule has 0 saturated carbocycles. The van der Waals surface area contributed by atoms with E-state index in [1.807, 2.05) is 0 Å². The van der Waals surface area contributed by atoms with E-state index in [0.29, 0.717) is 25.7 Å². The number of aliphatic hydroxyl groups excluding tert-OH is 1. The van der Waals surface area contributed by atoms with Gasteiger partial charge in [0.15, 0.2) is 12.2 Å². The van der Waals surface area contributed by atoms with Crippen molar-refractivity contribution < 1.29 is 80.2 Å². The molecule has 3 N–H and O–H groups in total. The first kappa shape index (κ1) is 91.1. The molecule has 0 radical (unpaired) electrons. The van der Waals surface area contributed by atoms with Gasteiger partial charge in [-0.25, -0.2) is 9.13 Å². The highest BCUT2D eigenvalue weighted by Gasteiger charge is 2.30. The first-order valence-electron chi connectivity index (χ1n) is 38.2. The van der Waals surface area contributed by atoms with Gasteiger partial charge in [0.25, 0.3) is 0 Å². The zero-order chi connectivity index (χ0) is 68.9. The number of hydrogen-bond acceptors (Lipinski definition) is 15. The minimum Gasteiger partial charge on any atom is -0.462 e. The fourth-order valence-electron chi connectivity index (χ4n) is 11.2. The summed E-state index contributed by atoms with van der Waals surface area (Å²) in [6.45, 7) is 14.1. The highest BCUT2D eigenvalue weighted by atomic mass is 31.2. The number of rotatable bonds is 71. The summed E-state index contributed by atoms with van der Waals surface area (Å²) in [5.41, 5.74) is 0. The van der Waals surface area contributed by atoms with Crippen molar-refractivity contribution in [2.45, 2.75) is 388 Å². The van der Waals surface area contributed by atoms with Gasteiger partial charge in [0.2, 0.25) is 0 Å². The highest BCUT2D eigenvalue weighted by molar-refractivity contribution is 7.47. The number of carbonyl (C=O) groups is 4. The van der Waals surface area contributed by atoms with Crippen molar-refractivity contribution in [3.05, 3.63) is 0 Å². The standard InChI is InChI=1S/C74H144O17P2/c1-9-67(8)53-45-37-32-33-39-47-55-72(77)85-61-70(91-73(78)56-48-40-30-22-18-14-12-10-11-13-16-20-26-34-42-50-64(2)3)63-89-93(82,83)87-59-68(75)58-86-92(80,81)88-62-69(60-84-71(76)54-46-38-29-25-24-28-36-44-52-66(6)7)90-74(79)57-49-41-31-23-19-15-17-21-27-35-43-51-65(4)5/h64-70,75H,9-63H2,1-8H3,(H,80,81)(H,82,83)/t67?,68-,69-,70-/m1/s1. The van der Waals surface area contributed by atoms with E-state index < -0.39 is 97.5 Å². The summed E-state index contributed by atoms with van der Waals surface area (Å²) in [6, 6.07) is 0. The summed E-state index contributed by atoms with van der Waals surface area (Å²) >= 11 is 0. The number of hydrogen-bond donors (Lipinski definition) is 3. The van der Waals surface area contributed by atoms with Gasteiger partial charge in [-0.15, -0.1) is 0 Å². The van der Waals surface area contributed by atoms with Crippen LogP contribution >= 0.6 is 15.6 Å². The predicted molar refractivity (Wildman–Crippen MR) is 377 cm³/mol. The molecule has 0 heterocycles. The molecule has 3 unspecified atom stereocenters. The monoisotopic (exact) mass is 1370 g/mol. The number of esters is 4. The second-order valence-electron chi connectivity index (χ2n) is 28.4. The van der Waals surface area contributed by atoms with Gasteiger partial charge in [0, 0.05) is 25.7 Å². The molecule has 0 spiro atoms. The first-order valence-corrected chi connectivity index (χ1v) is 41.2. The van der Waals surface area contributed by atoms with Crippen LogP contribution in [0.4, 0.5) is 0 Å². The minimum atomic E-state index is -4.96. The van der Waals surface area contributed by atoms with Gasteiger partial charge in [-0.2, -0.15) is 0 Å². The minimum absolute atomic E-state index is 0.105. The van der Waals surface area contributed by atoms with E-state index in [1.165, 1.54) is 167 Å². The van der Waals surface area contributed by atoms with Crippen molar-refractivity contribution in [2.75, 3.05) is 39.6 Å². The molecule has 552 valence electrons. The molecule has 0 amide bonds. The summed E-state index contributed by atoms with van der Waals surface area (Å²) in [4.78, 5) is 72.7. The van der Waals surface area contributed by atoms with Crippen LogP contribution in [-0.2, 0) is 65.4 Å². The Balaban J connectivity index is 5.23. The average molecular weight is 1370 g/mol. The van der Waals surface area contributed by atoms with E-state index in [4.69, 9.17) is 37.0 Å². The van der Waals surface area contributed by atoms with Crippen molar-refractivity contribution in [3.63, 3.8) is 0 Å². The molecule has 0 aromatic carbocycles. The molecule has 19 heteroatoms. The molecule has 0 aliphatic rings. The lowest BCUT2D eigenvalue weighted by Crippen LogP contribution is -2.30. The molecule has 17 nitrogen and oxygen atoms in total. The van der Waals surface area contributed by atoms with Gasteiger partial charge < -0.3 is 33.8 Å². The van der Waals surface area contributed by atoms with E-state index in [9.17, 15) is 43.2 Å².